The molecular weight excluding hydrogens is 314 g/mol. The molecule has 1 aromatic carbocycles. The Morgan fingerprint density at radius 2 is 2.08 bits per heavy atom. The number of furan rings is 1. The van der Waals surface area contributed by atoms with Crippen LogP contribution >= 0.6 is 0 Å². The number of benzene rings is 1. The molecular formula is C20H19N3O2. The van der Waals surface area contributed by atoms with Gasteiger partial charge in [-0.05, 0) is 44.1 Å². The SMILES string of the molecule is CC1=C(C)N2CCC3(C=CNC(=O)N3)C=C2c2oc3ccccc3c21. The van der Waals surface area contributed by atoms with Crippen LogP contribution in [0.4, 0.5) is 4.79 Å². The standard InChI is InChI=1S/C20H19N3O2/c1-12-13(2)23-10-8-20(7-9-21-19(24)22-20)11-15(23)18-17(12)14-5-3-4-6-16(14)25-18/h3-7,9,11H,8,10H2,1-2H3,(H2,21,22,24). The highest BCUT2D eigenvalue weighted by Crippen LogP contribution is 2.46. The summed E-state index contributed by atoms with van der Waals surface area (Å²) < 4.78 is 6.24. The number of rotatable bonds is 0. The summed E-state index contributed by atoms with van der Waals surface area (Å²) in [4.78, 5) is 14.1. The van der Waals surface area contributed by atoms with E-state index in [2.05, 4.69) is 41.5 Å². The van der Waals surface area contributed by atoms with Crippen molar-refractivity contribution in [3.63, 3.8) is 0 Å². The number of hydrogen-bond acceptors (Lipinski definition) is 3. The molecule has 0 fully saturated rings. The molecule has 1 spiro atoms. The predicted octanol–water partition coefficient (Wildman–Crippen LogP) is 3.81. The predicted molar refractivity (Wildman–Crippen MR) is 97.3 cm³/mol. The van der Waals surface area contributed by atoms with Crippen molar-refractivity contribution in [3.8, 4) is 0 Å². The zero-order valence-corrected chi connectivity index (χ0v) is 14.2. The van der Waals surface area contributed by atoms with E-state index in [1.165, 1.54) is 11.3 Å². The van der Waals surface area contributed by atoms with Gasteiger partial charge in [0.2, 0.25) is 0 Å². The molecule has 2 aromatic rings. The molecule has 25 heavy (non-hydrogen) atoms. The number of allylic oxidation sites excluding steroid dienone is 2. The Morgan fingerprint density at radius 3 is 2.92 bits per heavy atom. The van der Waals surface area contributed by atoms with Crippen LogP contribution in [0.1, 0.15) is 31.6 Å². The monoisotopic (exact) mass is 333 g/mol. The average Bonchev–Trinajstić information content (AvgIpc) is 2.99. The number of para-hydroxylation sites is 1. The highest BCUT2D eigenvalue weighted by Gasteiger charge is 2.39. The number of carbonyl (C=O) groups excluding carboxylic acids is 1. The Bertz CT molecular complexity index is 1010. The molecule has 5 rings (SSSR count). The quantitative estimate of drug-likeness (QED) is 0.771. The van der Waals surface area contributed by atoms with Gasteiger partial charge in [-0.15, -0.1) is 0 Å². The van der Waals surface area contributed by atoms with E-state index in [9.17, 15) is 4.79 Å². The number of fused-ring (bicyclic) bond motifs is 5. The van der Waals surface area contributed by atoms with Crippen LogP contribution in [0, 0.1) is 0 Å². The third-order valence-electron chi connectivity index (χ3n) is 5.53. The van der Waals surface area contributed by atoms with Crippen molar-refractivity contribution in [1.29, 1.82) is 0 Å². The molecule has 2 N–H and O–H groups in total. The summed E-state index contributed by atoms with van der Waals surface area (Å²) >= 11 is 0. The van der Waals surface area contributed by atoms with Crippen molar-refractivity contribution in [2.75, 3.05) is 6.54 Å². The number of nitrogens with zero attached hydrogens (tertiary/aromatic N) is 1. The van der Waals surface area contributed by atoms with Gasteiger partial charge >= 0.3 is 6.03 Å². The van der Waals surface area contributed by atoms with Gasteiger partial charge in [-0.25, -0.2) is 4.79 Å². The summed E-state index contributed by atoms with van der Waals surface area (Å²) in [6.07, 6.45) is 6.69. The van der Waals surface area contributed by atoms with Gasteiger partial charge in [0.1, 0.15) is 5.58 Å². The molecule has 1 unspecified atom stereocenters. The molecule has 126 valence electrons. The van der Waals surface area contributed by atoms with Crippen LogP contribution in [0.2, 0.25) is 0 Å². The lowest BCUT2D eigenvalue weighted by molar-refractivity contribution is 0.232. The van der Waals surface area contributed by atoms with E-state index in [1.54, 1.807) is 6.20 Å². The first-order valence-corrected chi connectivity index (χ1v) is 8.54. The van der Waals surface area contributed by atoms with E-state index >= 15 is 0 Å². The topological polar surface area (TPSA) is 57.5 Å². The molecule has 0 aliphatic carbocycles. The van der Waals surface area contributed by atoms with Crippen LogP contribution in [-0.4, -0.2) is 23.0 Å². The number of amides is 2. The maximum atomic E-state index is 11.9. The maximum Gasteiger partial charge on any atom is 0.319 e. The van der Waals surface area contributed by atoms with Crippen LogP contribution in [0.3, 0.4) is 0 Å². The molecule has 0 bridgehead atoms. The molecule has 0 radical (unpaired) electrons. The van der Waals surface area contributed by atoms with Crippen LogP contribution in [0.5, 0.6) is 0 Å². The highest BCUT2D eigenvalue weighted by molar-refractivity contribution is 5.99. The van der Waals surface area contributed by atoms with Crippen molar-refractivity contribution >= 4 is 28.3 Å². The van der Waals surface area contributed by atoms with Crippen molar-refractivity contribution in [2.45, 2.75) is 25.8 Å². The van der Waals surface area contributed by atoms with Gasteiger partial charge in [0, 0.05) is 29.4 Å². The molecule has 3 aliphatic rings. The minimum Gasteiger partial charge on any atom is -0.454 e. The summed E-state index contributed by atoms with van der Waals surface area (Å²) in [5, 5.41) is 6.87. The lowest BCUT2D eigenvalue weighted by Gasteiger charge is -2.43. The molecule has 2 amide bonds. The van der Waals surface area contributed by atoms with Crippen molar-refractivity contribution < 1.29 is 9.21 Å². The smallest absolute Gasteiger partial charge is 0.319 e. The Hall–Kier alpha value is -2.95. The number of nitrogens with one attached hydrogen (secondary N) is 2. The lowest BCUT2D eigenvalue weighted by atomic mass is 9.85. The Balaban J connectivity index is 1.77. The maximum absolute atomic E-state index is 11.9. The zero-order chi connectivity index (χ0) is 17.2. The molecule has 1 atom stereocenters. The summed E-state index contributed by atoms with van der Waals surface area (Å²) in [6, 6.07) is 7.98. The van der Waals surface area contributed by atoms with Crippen molar-refractivity contribution in [1.82, 2.24) is 15.5 Å². The third-order valence-corrected chi connectivity index (χ3v) is 5.53. The zero-order valence-electron chi connectivity index (χ0n) is 14.2. The molecule has 0 saturated carbocycles. The number of hydrogen-bond donors (Lipinski definition) is 2. The largest absolute Gasteiger partial charge is 0.454 e. The fourth-order valence-electron chi connectivity index (χ4n) is 4.11. The van der Waals surface area contributed by atoms with Crippen LogP contribution in [0.25, 0.3) is 22.2 Å². The van der Waals surface area contributed by atoms with Gasteiger partial charge in [-0.3, -0.25) is 0 Å². The summed E-state index contributed by atoms with van der Waals surface area (Å²) in [5.41, 5.74) is 5.12. The first kappa shape index (κ1) is 14.4. The van der Waals surface area contributed by atoms with E-state index < -0.39 is 5.54 Å². The highest BCUT2D eigenvalue weighted by atomic mass is 16.3. The van der Waals surface area contributed by atoms with Gasteiger partial charge in [0.05, 0.1) is 11.2 Å². The van der Waals surface area contributed by atoms with E-state index in [4.69, 9.17) is 4.42 Å². The summed E-state index contributed by atoms with van der Waals surface area (Å²) in [6.45, 7) is 5.14. The second-order valence-electron chi connectivity index (χ2n) is 6.92. The minimum absolute atomic E-state index is 0.170. The second kappa shape index (κ2) is 4.79. The van der Waals surface area contributed by atoms with E-state index in [-0.39, 0.29) is 6.03 Å². The third kappa shape index (κ3) is 1.92. The Labute approximate surface area is 145 Å². The van der Waals surface area contributed by atoms with E-state index in [1.807, 2.05) is 24.3 Å². The van der Waals surface area contributed by atoms with Crippen LogP contribution < -0.4 is 10.6 Å². The van der Waals surface area contributed by atoms with Gasteiger partial charge in [0.15, 0.2) is 5.76 Å². The number of carbonyl (C=O) groups is 1. The van der Waals surface area contributed by atoms with E-state index in [0.717, 1.165) is 41.0 Å². The Kier molecular flexibility index (Phi) is 2.76. The fraction of sp³-hybridized carbons (Fsp3) is 0.250. The molecule has 5 nitrogen and oxygen atoms in total. The molecule has 0 saturated heterocycles. The van der Waals surface area contributed by atoms with Crippen molar-refractivity contribution in [2.24, 2.45) is 0 Å². The second-order valence-corrected chi connectivity index (χ2v) is 6.92. The van der Waals surface area contributed by atoms with Crippen LogP contribution in [-0.2, 0) is 0 Å². The first-order chi connectivity index (χ1) is 12.1. The van der Waals surface area contributed by atoms with Crippen molar-refractivity contribution in [3.05, 3.63) is 59.6 Å². The fourth-order valence-corrected chi connectivity index (χ4v) is 4.11. The van der Waals surface area contributed by atoms with Crippen LogP contribution in [0.15, 0.2) is 52.7 Å². The van der Waals surface area contributed by atoms with Gasteiger partial charge < -0.3 is 20.0 Å². The van der Waals surface area contributed by atoms with E-state index in [0.29, 0.717) is 0 Å². The average molecular weight is 333 g/mol. The summed E-state index contributed by atoms with van der Waals surface area (Å²) in [5.74, 6) is 0.893. The summed E-state index contributed by atoms with van der Waals surface area (Å²) in [7, 11) is 0. The molecule has 3 aliphatic heterocycles. The molecule has 5 heteroatoms. The van der Waals surface area contributed by atoms with Gasteiger partial charge in [0.25, 0.3) is 0 Å². The number of urea groups is 1. The Morgan fingerprint density at radius 1 is 1.24 bits per heavy atom. The minimum atomic E-state index is -0.462. The normalized spacial score (nSPS) is 24.8. The van der Waals surface area contributed by atoms with Gasteiger partial charge in [-0.2, -0.15) is 0 Å². The molecule has 4 heterocycles. The van der Waals surface area contributed by atoms with Gasteiger partial charge in [-0.1, -0.05) is 18.2 Å². The lowest BCUT2D eigenvalue weighted by Crippen LogP contribution is -2.55. The first-order valence-electron chi connectivity index (χ1n) is 8.54. The molecule has 1 aromatic heterocycles.